The molecule has 0 saturated carbocycles. The first-order valence-corrected chi connectivity index (χ1v) is 13.2. The molecule has 194 valence electrons. The molecule has 5 heteroatoms. The molecule has 1 aliphatic heterocycles. The van der Waals surface area contributed by atoms with E-state index in [9.17, 15) is 9.59 Å². The van der Waals surface area contributed by atoms with Crippen LogP contribution >= 0.6 is 0 Å². The Balaban J connectivity index is 1.55. The van der Waals surface area contributed by atoms with Crippen molar-refractivity contribution in [1.29, 1.82) is 0 Å². The zero-order valence-electron chi connectivity index (χ0n) is 22.1. The molecule has 0 saturated heterocycles. The lowest BCUT2D eigenvalue weighted by Gasteiger charge is -2.35. The highest BCUT2D eigenvalue weighted by Crippen LogP contribution is 2.48. The van der Waals surface area contributed by atoms with Crippen LogP contribution in [0.2, 0.25) is 0 Å². The third kappa shape index (κ3) is 4.61. The molecule has 0 unspecified atom stereocenters. The number of hydrogen-bond donors (Lipinski definition) is 1. The van der Waals surface area contributed by atoms with Crippen molar-refractivity contribution in [3.05, 3.63) is 137 Å². The monoisotopic (exact) mass is 514 g/mol. The lowest BCUT2D eigenvalue weighted by Crippen LogP contribution is -2.38. The van der Waals surface area contributed by atoms with E-state index in [1.165, 1.54) is 5.56 Å². The van der Waals surface area contributed by atoms with Gasteiger partial charge in [-0.3, -0.25) is 14.5 Å². The molecular weight excluding hydrogens is 484 g/mol. The maximum atomic E-state index is 14.3. The number of ketones is 1. The number of benzene rings is 4. The fraction of sp³-hybridized carbons (Fsp3) is 0.176. The number of aryl methyl sites for hydroxylation is 1. The number of nitrogens with zero attached hydrogens (tertiary/aromatic N) is 1. The Bertz CT molecular complexity index is 1560. The van der Waals surface area contributed by atoms with Gasteiger partial charge in [0.2, 0.25) is 0 Å². The van der Waals surface area contributed by atoms with Crippen molar-refractivity contribution in [2.45, 2.75) is 31.7 Å². The van der Waals surface area contributed by atoms with E-state index >= 15 is 0 Å². The molecule has 0 spiro atoms. The van der Waals surface area contributed by atoms with Gasteiger partial charge in [0.15, 0.2) is 5.78 Å². The van der Waals surface area contributed by atoms with E-state index in [2.05, 4.69) is 36.5 Å². The second kappa shape index (κ2) is 10.3. The van der Waals surface area contributed by atoms with Crippen LogP contribution in [0.4, 0.5) is 11.4 Å². The van der Waals surface area contributed by atoms with Crippen LogP contribution < -0.4 is 15.0 Å². The summed E-state index contributed by atoms with van der Waals surface area (Å²) in [5.41, 5.74) is 6.82. The maximum Gasteiger partial charge on any atom is 0.259 e. The average Bonchev–Trinajstić information content (AvgIpc) is 3.12. The number of fused-ring (bicyclic) bond motifs is 1. The first-order chi connectivity index (χ1) is 19.0. The largest absolute Gasteiger partial charge is 0.497 e. The summed E-state index contributed by atoms with van der Waals surface area (Å²) in [5, 5.41) is 3.60. The minimum atomic E-state index is -0.596. The number of anilines is 2. The number of Topliss-reactive ketones (excluding diaryl/α,β-unsaturated/α-hetero) is 1. The number of allylic oxidation sites excluding steroid dienone is 1. The van der Waals surface area contributed by atoms with E-state index in [-0.39, 0.29) is 17.6 Å². The molecule has 0 bridgehead atoms. The number of nitrogens with one attached hydrogen (secondary N) is 1. The number of amides is 1. The van der Waals surface area contributed by atoms with Gasteiger partial charge in [-0.1, -0.05) is 72.3 Å². The Hall–Kier alpha value is -4.64. The normalized spacial score (nSPS) is 18.5. The summed E-state index contributed by atoms with van der Waals surface area (Å²) in [6.07, 6.45) is 1.07. The average molecular weight is 515 g/mol. The molecular formula is C34H30N2O3. The summed E-state index contributed by atoms with van der Waals surface area (Å²) in [6.45, 7) is 2.07. The van der Waals surface area contributed by atoms with Crippen LogP contribution in [0, 0.1) is 6.92 Å². The Morgan fingerprint density at radius 3 is 2.21 bits per heavy atom. The van der Waals surface area contributed by atoms with Gasteiger partial charge in [-0.25, -0.2) is 0 Å². The minimum Gasteiger partial charge on any atom is -0.497 e. The van der Waals surface area contributed by atoms with Gasteiger partial charge in [-0.15, -0.1) is 0 Å². The first-order valence-electron chi connectivity index (χ1n) is 13.2. The molecule has 1 amide bonds. The van der Waals surface area contributed by atoms with Gasteiger partial charge >= 0.3 is 0 Å². The molecule has 2 atom stereocenters. The van der Waals surface area contributed by atoms with Crippen LogP contribution in [0.1, 0.15) is 51.8 Å². The lowest BCUT2D eigenvalue weighted by atomic mass is 9.78. The fourth-order valence-corrected chi connectivity index (χ4v) is 5.71. The lowest BCUT2D eigenvalue weighted by molar-refractivity contribution is -0.116. The molecule has 6 rings (SSSR count). The van der Waals surface area contributed by atoms with Gasteiger partial charge in [0.05, 0.1) is 24.5 Å². The summed E-state index contributed by atoms with van der Waals surface area (Å²) >= 11 is 0. The highest BCUT2D eigenvalue weighted by molar-refractivity contribution is 6.12. The molecule has 5 nitrogen and oxygen atoms in total. The van der Waals surface area contributed by atoms with Crippen molar-refractivity contribution in [1.82, 2.24) is 0 Å². The van der Waals surface area contributed by atoms with E-state index < -0.39 is 6.04 Å². The van der Waals surface area contributed by atoms with Crippen LogP contribution in [-0.2, 0) is 4.79 Å². The van der Waals surface area contributed by atoms with Crippen LogP contribution in [0.15, 0.2) is 114 Å². The first kappa shape index (κ1) is 24.7. The summed E-state index contributed by atoms with van der Waals surface area (Å²) < 4.78 is 5.41. The van der Waals surface area contributed by atoms with E-state index in [0.717, 1.165) is 33.9 Å². The summed E-state index contributed by atoms with van der Waals surface area (Å²) in [5.74, 6) is 0.668. The van der Waals surface area contributed by atoms with E-state index in [4.69, 9.17) is 4.74 Å². The van der Waals surface area contributed by atoms with E-state index in [1.54, 1.807) is 12.0 Å². The summed E-state index contributed by atoms with van der Waals surface area (Å²) in [7, 11) is 1.63. The third-order valence-corrected chi connectivity index (χ3v) is 7.71. The quantitative estimate of drug-likeness (QED) is 0.312. The van der Waals surface area contributed by atoms with Crippen molar-refractivity contribution >= 4 is 23.1 Å². The Kier molecular flexibility index (Phi) is 6.49. The van der Waals surface area contributed by atoms with Crippen molar-refractivity contribution in [3.63, 3.8) is 0 Å². The smallest absolute Gasteiger partial charge is 0.259 e. The van der Waals surface area contributed by atoms with Crippen molar-refractivity contribution in [2.75, 3.05) is 17.3 Å². The fourth-order valence-electron chi connectivity index (χ4n) is 5.71. The molecule has 0 radical (unpaired) electrons. The Morgan fingerprint density at radius 1 is 0.821 bits per heavy atom. The molecule has 1 N–H and O–H groups in total. The molecule has 4 aromatic carbocycles. The third-order valence-electron chi connectivity index (χ3n) is 7.71. The van der Waals surface area contributed by atoms with Crippen LogP contribution in [0.25, 0.3) is 0 Å². The number of ether oxygens (including phenoxy) is 1. The second-order valence-corrected chi connectivity index (χ2v) is 10.2. The zero-order chi connectivity index (χ0) is 26.9. The van der Waals surface area contributed by atoms with Gasteiger partial charge in [-0.2, -0.15) is 0 Å². The van der Waals surface area contributed by atoms with E-state index in [1.807, 2.05) is 78.9 Å². The van der Waals surface area contributed by atoms with Crippen LogP contribution in [0.5, 0.6) is 5.75 Å². The maximum absolute atomic E-state index is 14.3. The number of methoxy groups -OCH3 is 1. The van der Waals surface area contributed by atoms with Crippen molar-refractivity contribution < 1.29 is 14.3 Å². The molecule has 0 fully saturated rings. The van der Waals surface area contributed by atoms with Crippen LogP contribution in [-0.4, -0.2) is 18.8 Å². The molecule has 4 aromatic rings. The number of carbonyl (C=O) groups is 2. The standard InChI is InChI=1S/C34H30N2O3/c1-22-12-14-23(15-13-22)26-20-29-32(31(37)21-26)33(24-16-18-27(39-2)19-17-24)36(30-11-7-6-10-28(30)35-29)34(38)25-8-4-3-5-9-25/h3-19,26,33,35H,20-21H2,1-2H3/t26-,33-/m0/s1. The van der Waals surface area contributed by atoms with Gasteiger partial charge in [0, 0.05) is 23.3 Å². The van der Waals surface area contributed by atoms with Crippen LogP contribution in [0.3, 0.4) is 0 Å². The van der Waals surface area contributed by atoms with Gasteiger partial charge in [-0.05, 0) is 66.8 Å². The van der Waals surface area contributed by atoms with Crippen molar-refractivity contribution in [2.24, 2.45) is 0 Å². The molecule has 0 aromatic heterocycles. The topological polar surface area (TPSA) is 58.6 Å². The van der Waals surface area contributed by atoms with Crippen molar-refractivity contribution in [3.8, 4) is 5.75 Å². The molecule has 2 aliphatic rings. The highest BCUT2D eigenvalue weighted by Gasteiger charge is 2.41. The Morgan fingerprint density at radius 2 is 1.49 bits per heavy atom. The van der Waals surface area contributed by atoms with Gasteiger partial charge in [0.25, 0.3) is 5.91 Å². The molecule has 1 aliphatic carbocycles. The highest BCUT2D eigenvalue weighted by atomic mass is 16.5. The molecule has 39 heavy (non-hydrogen) atoms. The zero-order valence-corrected chi connectivity index (χ0v) is 22.1. The Labute approximate surface area is 228 Å². The summed E-state index contributed by atoms with van der Waals surface area (Å²) in [6, 6.07) is 32.6. The van der Waals surface area contributed by atoms with Gasteiger partial charge < -0.3 is 10.1 Å². The minimum absolute atomic E-state index is 0.0498. The number of carbonyl (C=O) groups excluding carboxylic acids is 2. The molecule has 1 heterocycles. The summed E-state index contributed by atoms with van der Waals surface area (Å²) in [4.78, 5) is 30.2. The van der Waals surface area contributed by atoms with E-state index in [0.29, 0.717) is 24.0 Å². The number of rotatable bonds is 4. The second-order valence-electron chi connectivity index (χ2n) is 10.2. The van der Waals surface area contributed by atoms with Gasteiger partial charge in [0.1, 0.15) is 5.75 Å². The SMILES string of the molecule is COc1ccc([C@H]2C3=C(C[C@H](c4ccc(C)cc4)CC3=O)Nc3ccccc3N2C(=O)c2ccccc2)cc1. The predicted octanol–water partition coefficient (Wildman–Crippen LogP) is 7.22. The number of hydrogen-bond acceptors (Lipinski definition) is 4. The number of para-hydroxylation sites is 2. The predicted molar refractivity (Wildman–Crippen MR) is 154 cm³/mol.